The number of rotatable bonds is 5. The molecule has 2 aromatic heterocycles. The number of nitrogens with zero attached hydrogens (tertiary/aromatic N) is 3. The van der Waals surface area contributed by atoms with Crippen molar-refractivity contribution in [2.45, 2.75) is 52.0 Å². The molecule has 4 rings (SSSR count). The van der Waals surface area contributed by atoms with Crippen LogP contribution in [0.1, 0.15) is 43.4 Å². The van der Waals surface area contributed by atoms with Crippen molar-refractivity contribution in [3.63, 3.8) is 0 Å². The molecule has 0 radical (unpaired) electrons. The highest BCUT2D eigenvalue weighted by atomic mass is 16.5. The molecule has 1 amide bonds. The monoisotopic (exact) mass is 378 g/mol. The van der Waals surface area contributed by atoms with Gasteiger partial charge in [-0.2, -0.15) is 10.1 Å². The average Bonchev–Trinajstić information content (AvgIpc) is 3.05. The highest BCUT2D eigenvalue weighted by Gasteiger charge is 2.17. The first-order valence-corrected chi connectivity index (χ1v) is 9.96. The van der Waals surface area contributed by atoms with Crippen molar-refractivity contribution in [3.05, 3.63) is 47.7 Å². The molecular formula is C22H26N4O2. The molecule has 1 N–H and O–H groups in total. The van der Waals surface area contributed by atoms with Gasteiger partial charge >= 0.3 is 0 Å². The Labute approximate surface area is 164 Å². The van der Waals surface area contributed by atoms with E-state index in [9.17, 15) is 4.79 Å². The Morgan fingerprint density at radius 1 is 1.18 bits per heavy atom. The number of carbonyl (C=O) groups excluding carboxylic acids is 1. The fourth-order valence-electron chi connectivity index (χ4n) is 3.95. The zero-order valence-corrected chi connectivity index (χ0v) is 16.4. The average molecular weight is 378 g/mol. The number of fused-ring (bicyclic) bond motifs is 1. The number of ether oxygens (including phenoxy) is 1. The van der Waals surface area contributed by atoms with Crippen LogP contribution in [0.2, 0.25) is 0 Å². The quantitative estimate of drug-likeness (QED) is 0.732. The van der Waals surface area contributed by atoms with E-state index in [2.05, 4.69) is 15.4 Å². The minimum Gasteiger partial charge on any atom is -0.468 e. The van der Waals surface area contributed by atoms with E-state index in [0.29, 0.717) is 5.88 Å². The third-order valence-electron chi connectivity index (χ3n) is 5.31. The number of amides is 1. The maximum atomic E-state index is 12.2. The molecule has 1 aliphatic rings. The van der Waals surface area contributed by atoms with Gasteiger partial charge < -0.3 is 10.1 Å². The van der Waals surface area contributed by atoms with Crippen molar-refractivity contribution >= 4 is 16.9 Å². The number of hydrogen-bond donors (Lipinski definition) is 1. The molecule has 6 heteroatoms. The first-order valence-electron chi connectivity index (χ1n) is 9.96. The van der Waals surface area contributed by atoms with Crippen LogP contribution in [-0.2, 0) is 4.79 Å². The standard InChI is InChI=1S/C22H26N4O2/c1-15-13-20(28-14-19(27)23-17-9-5-3-6-10-17)24-22-21(15)16(2)25-26(22)18-11-7-4-8-12-18/h4,7-8,11-13,17H,3,5-6,9-10,14H2,1-2H3,(H,23,27). The van der Waals surface area contributed by atoms with E-state index < -0.39 is 0 Å². The van der Waals surface area contributed by atoms with Gasteiger partial charge in [-0.05, 0) is 44.4 Å². The Morgan fingerprint density at radius 2 is 1.93 bits per heavy atom. The third-order valence-corrected chi connectivity index (χ3v) is 5.31. The number of aromatic nitrogens is 3. The first kappa shape index (κ1) is 18.5. The van der Waals surface area contributed by atoms with Crippen LogP contribution in [0.5, 0.6) is 5.88 Å². The molecular weight excluding hydrogens is 352 g/mol. The van der Waals surface area contributed by atoms with Crippen LogP contribution in [0, 0.1) is 13.8 Å². The van der Waals surface area contributed by atoms with Gasteiger partial charge in [0.15, 0.2) is 12.3 Å². The van der Waals surface area contributed by atoms with E-state index in [0.717, 1.165) is 40.8 Å². The molecule has 6 nitrogen and oxygen atoms in total. The molecule has 146 valence electrons. The minimum absolute atomic E-state index is 0.0209. The maximum Gasteiger partial charge on any atom is 0.258 e. The van der Waals surface area contributed by atoms with Gasteiger partial charge in [-0.3, -0.25) is 4.79 Å². The van der Waals surface area contributed by atoms with Crippen LogP contribution < -0.4 is 10.1 Å². The minimum atomic E-state index is -0.0841. The Morgan fingerprint density at radius 3 is 2.68 bits per heavy atom. The Balaban J connectivity index is 1.54. The summed E-state index contributed by atoms with van der Waals surface area (Å²) >= 11 is 0. The van der Waals surface area contributed by atoms with Crippen LogP contribution in [-0.4, -0.2) is 33.3 Å². The molecule has 1 fully saturated rings. The summed E-state index contributed by atoms with van der Waals surface area (Å²) in [7, 11) is 0. The van der Waals surface area contributed by atoms with E-state index in [1.807, 2.05) is 54.9 Å². The second-order valence-corrected chi connectivity index (χ2v) is 7.50. The highest BCUT2D eigenvalue weighted by Crippen LogP contribution is 2.26. The lowest BCUT2D eigenvalue weighted by Gasteiger charge is -2.22. The number of carbonyl (C=O) groups is 1. The first-order chi connectivity index (χ1) is 13.6. The summed E-state index contributed by atoms with van der Waals surface area (Å²) in [6.45, 7) is 3.98. The fourth-order valence-corrected chi connectivity index (χ4v) is 3.95. The molecule has 0 atom stereocenters. The van der Waals surface area contributed by atoms with E-state index >= 15 is 0 Å². The SMILES string of the molecule is Cc1cc(OCC(=O)NC2CCCCC2)nc2c1c(C)nn2-c1ccccc1. The molecule has 2 heterocycles. The summed E-state index contributed by atoms with van der Waals surface area (Å²) in [5, 5.41) is 8.74. The van der Waals surface area contributed by atoms with Crippen LogP contribution in [0.25, 0.3) is 16.7 Å². The lowest BCUT2D eigenvalue weighted by Crippen LogP contribution is -2.39. The lowest BCUT2D eigenvalue weighted by molar-refractivity contribution is -0.124. The zero-order valence-electron chi connectivity index (χ0n) is 16.4. The molecule has 1 aliphatic carbocycles. The molecule has 0 bridgehead atoms. The molecule has 0 saturated heterocycles. The van der Waals surface area contributed by atoms with Crippen molar-refractivity contribution in [2.24, 2.45) is 0 Å². The molecule has 0 unspecified atom stereocenters. The third kappa shape index (κ3) is 3.86. The van der Waals surface area contributed by atoms with Gasteiger partial charge in [0.25, 0.3) is 5.91 Å². The topological polar surface area (TPSA) is 69.0 Å². The van der Waals surface area contributed by atoms with Gasteiger partial charge in [0.1, 0.15) is 0 Å². The van der Waals surface area contributed by atoms with Crippen molar-refractivity contribution in [2.75, 3.05) is 6.61 Å². The molecule has 0 aliphatic heterocycles. The van der Waals surface area contributed by atoms with E-state index in [1.165, 1.54) is 19.3 Å². The lowest BCUT2D eigenvalue weighted by atomic mass is 9.95. The number of pyridine rings is 1. The van der Waals surface area contributed by atoms with E-state index in [4.69, 9.17) is 4.74 Å². The van der Waals surface area contributed by atoms with E-state index in [-0.39, 0.29) is 18.6 Å². The summed E-state index contributed by atoms with van der Waals surface area (Å²) in [4.78, 5) is 16.9. The van der Waals surface area contributed by atoms with Gasteiger partial charge in [-0.25, -0.2) is 4.68 Å². The van der Waals surface area contributed by atoms with Crippen molar-refractivity contribution in [1.29, 1.82) is 0 Å². The second kappa shape index (κ2) is 8.00. The number of benzene rings is 1. The van der Waals surface area contributed by atoms with Crippen LogP contribution in [0.4, 0.5) is 0 Å². The maximum absolute atomic E-state index is 12.2. The number of para-hydroxylation sites is 1. The Hall–Kier alpha value is -2.89. The Kier molecular flexibility index (Phi) is 5.28. The summed E-state index contributed by atoms with van der Waals surface area (Å²) in [6, 6.07) is 12.1. The normalized spacial score (nSPS) is 14.9. The van der Waals surface area contributed by atoms with Gasteiger partial charge in [0.2, 0.25) is 5.88 Å². The predicted octanol–water partition coefficient (Wildman–Crippen LogP) is 3.87. The van der Waals surface area contributed by atoms with Crippen molar-refractivity contribution < 1.29 is 9.53 Å². The number of nitrogens with one attached hydrogen (secondary N) is 1. The summed E-state index contributed by atoms with van der Waals surface area (Å²) in [6.07, 6.45) is 5.76. The molecule has 3 aromatic rings. The van der Waals surface area contributed by atoms with Crippen molar-refractivity contribution in [1.82, 2.24) is 20.1 Å². The molecule has 1 aromatic carbocycles. The highest BCUT2D eigenvalue weighted by molar-refractivity contribution is 5.84. The van der Waals surface area contributed by atoms with Crippen LogP contribution >= 0.6 is 0 Å². The second-order valence-electron chi connectivity index (χ2n) is 7.50. The van der Waals surface area contributed by atoms with Gasteiger partial charge in [-0.15, -0.1) is 0 Å². The van der Waals surface area contributed by atoms with Crippen molar-refractivity contribution in [3.8, 4) is 11.6 Å². The zero-order chi connectivity index (χ0) is 19.5. The van der Waals surface area contributed by atoms with Crippen LogP contribution in [0.3, 0.4) is 0 Å². The van der Waals surface area contributed by atoms with E-state index in [1.54, 1.807) is 0 Å². The number of aryl methyl sites for hydroxylation is 2. The molecule has 1 saturated carbocycles. The summed E-state index contributed by atoms with van der Waals surface area (Å²) in [5.41, 5.74) is 3.64. The van der Waals surface area contributed by atoms with Crippen LogP contribution in [0.15, 0.2) is 36.4 Å². The predicted molar refractivity (Wildman–Crippen MR) is 109 cm³/mol. The summed E-state index contributed by atoms with van der Waals surface area (Å²) in [5.74, 6) is 0.361. The molecule has 0 spiro atoms. The summed E-state index contributed by atoms with van der Waals surface area (Å²) < 4.78 is 7.56. The molecule has 28 heavy (non-hydrogen) atoms. The largest absolute Gasteiger partial charge is 0.468 e. The van der Waals surface area contributed by atoms with Gasteiger partial charge in [-0.1, -0.05) is 37.5 Å². The number of hydrogen-bond acceptors (Lipinski definition) is 4. The smallest absolute Gasteiger partial charge is 0.258 e. The van der Waals surface area contributed by atoms with Gasteiger partial charge in [0, 0.05) is 17.5 Å². The van der Waals surface area contributed by atoms with Gasteiger partial charge in [0.05, 0.1) is 11.4 Å². The fraction of sp³-hybridized carbons (Fsp3) is 0.409. The Bertz CT molecular complexity index is 975.